The number of thiophene rings is 1. The molecule has 5 N–H and O–H groups in total. The second-order valence-electron chi connectivity index (χ2n) is 5.30. The largest absolute Gasteiger partial charge is 0.386 e. The van der Waals surface area contributed by atoms with Crippen LogP contribution < -0.4 is 16.4 Å². The van der Waals surface area contributed by atoms with Crippen molar-refractivity contribution in [3.8, 4) is 0 Å². The van der Waals surface area contributed by atoms with E-state index in [2.05, 4.69) is 15.6 Å². The number of aliphatic imine (C=N–C) groups is 1. The molecular formula is C17H21ClN4O2S. The average Bonchev–Trinajstić information content (AvgIpc) is 3.04. The normalized spacial score (nSPS) is 12.7. The smallest absolute Gasteiger partial charge is 0.248 e. The Hall–Kier alpha value is -2.09. The van der Waals surface area contributed by atoms with Crippen LogP contribution >= 0.6 is 22.9 Å². The minimum atomic E-state index is -0.667. The minimum Gasteiger partial charge on any atom is -0.386 e. The number of hydrogen-bond acceptors (Lipinski definition) is 4. The number of rotatable bonds is 7. The number of carbonyl (C=O) groups excluding carboxylic acids is 1. The number of halogens is 1. The number of nitrogens with one attached hydrogen (secondary N) is 2. The highest BCUT2D eigenvalue weighted by atomic mass is 35.5. The zero-order valence-electron chi connectivity index (χ0n) is 13.8. The molecule has 1 aromatic carbocycles. The Labute approximate surface area is 155 Å². The number of hydrogen-bond donors (Lipinski definition) is 4. The lowest BCUT2D eigenvalue weighted by molar-refractivity contribution is 0.1000. The van der Waals surface area contributed by atoms with Crippen LogP contribution in [0.2, 0.25) is 4.34 Å². The first-order chi connectivity index (χ1) is 12.0. The lowest BCUT2D eigenvalue weighted by Crippen LogP contribution is -2.39. The molecule has 0 radical (unpaired) electrons. The zero-order chi connectivity index (χ0) is 18.2. The van der Waals surface area contributed by atoms with Gasteiger partial charge < -0.3 is 21.5 Å². The molecule has 2 rings (SSSR count). The Balaban J connectivity index is 1.98. The maximum absolute atomic E-state index is 11.2. The van der Waals surface area contributed by atoms with E-state index < -0.39 is 12.0 Å². The SMILES string of the molecule is CCNC(=NCc1cccc(C(N)=O)c1)NCC(O)c1ccc(Cl)s1. The summed E-state index contributed by atoms with van der Waals surface area (Å²) in [5.41, 5.74) is 6.62. The highest BCUT2D eigenvalue weighted by Crippen LogP contribution is 2.26. The molecule has 0 aliphatic carbocycles. The first-order valence-electron chi connectivity index (χ1n) is 7.83. The second-order valence-corrected chi connectivity index (χ2v) is 7.05. The van der Waals surface area contributed by atoms with E-state index >= 15 is 0 Å². The van der Waals surface area contributed by atoms with E-state index in [0.29, 0.717) is 35.5 Å². The number of aliphatic hydroxyl groups is 1. The van der Waals surface area contributed by atoms with E-state index in [1.54, 1.807) is 30.3 Å². The third kappa shape index (κ3) is 6.04. The highest BCUT2D eigenvalue weighted by molar-refractivity contribution is 7.16. The molecule has 6 nitrogen and oxygen atoms in total. The Morgan fingerprint density at radius 1 is 1.36 bits per heavy atom. The van der Waals surface area contributed by atoms with Crippen molar-refractivity contribution in [2.24, 2.45) is 10.7 Å². The lowest BCUT2D eigenvalue weighted by atomic mass is 10.1. The molecule has 0 aliphatic heterocycles. The van der Waals surface area contributed by atoms with E-state index in [4.69, 9.17) is 17.3 Å². The number of nitrogens with two attached hydrogens (primary N) is 1. The average molecular weight is 381 g/mol. The maximum atomic E-state index is 11.2. The molecule has 0 fully saturated rings. The Kier molecular flexibility index (Phi) is 7.24. The lowest BCUT2D eigenvalue weighted by Gasteiger charge is -2.14. The number of primary amides is 1. The Bertz CT molecular complexity index is 748. The van der Waals surface area contributed by atoms with Crippen molar-refractivity contribution >= 4 is 34.8 Å². The monoisotopic (exact) mass is 380 g/mol. The van der Waals surface area contributed by atoms with Gasteiger partial charge in [0.1, 0.15) is 6.10 Å². The summed E-state index contributed by atoms with van der Waals surface area (Å²) in [4.78, 5) is 16.5. The molecule has 1 aromatic heterocycles. The van der Waals surface area contributed by atoms with E-state index in [0.717, 1.165) is 10.4 Å². The number of nitrogens with zero attached hydrogens (tertiary/aromatic N) is 1. The minimum absolute atomic E-state index is 0.310. The van der Waals surface area contributed by atoms with Crippen LogP contribution in [0.5, 0.6) is 0 Å². The predicted molar refractivity (Wildman–Crippen MR) is 102 cm³/mol. The van der Waals surface area contributed by atoms with Gasteiger partial charge in [0.15, 0.2) is 5.96 Å². The molecule has 0 aliphatic rings. The molecule has 134 valence electrons. The second kappa shape index (κ2) is 9.41. The van der Waals surface area contributed by atoms with Crippen LogP contribution in [0.3, 0.4) is 0 Å². The van der Waals surface area contributed by atoms with Gasteiger partial charge in [-0.3, -0.25) is 4.79 Å². The van der Waals surface area contributed by atoms with Crippen molar-refractivity contribution in [1.82, 2.24) is 10.6 Å². The van der Waals surface area contributed by atoms with Gasteiger partial charge in [0, 0.05) is 23.5 Å². The summed E-state index contributed by atoms with van der Waals surface area (Å²) >= 11 is 7.23. The summed E-state index contributed by atoms with van der Waals surface area (Å²) in [5, 5.41) is 16.4. The maximum Gasteiger partial charge on any atom is 0.248 e. The number of carbonyl (C=O) groups is 1. The Morgan fingerprint density at radius 2 is 2.16 bits per heavy atom. The molecule has 1 heterocycles. The van der Waals surface area contributed by atoms with Crippen molar-refractivity contribution in [3.63, 3.8) is 0 Å². The summed E-state index contributed by atoms with van der Waals surface area (Å²) in [6.45, 7) is 3.34. The third-order valence-electron chi connectivity index (χ3n) is 3.36. The fourth-order valence-electron chi connectivity index (χ4n) is 2.14. The number of aliphatic hydroxyl groups excluding tert-OH is 1. The fraction of sp³-hybridized carbons (Fsp3) is 0.294. The molecule has 1 atom stereocenters. The first kappa shape index (κ1) is 19.2. The molecule has 1 unspecified atom stereocenters. The summed E-state index contributed by atoms with van der Waals surface area (Å²) < 4.78 is 0.643. The van der Waals surface area contributed by atoms with E-state index in [9.17, 15) is 9.90 Å². The van der Waals surface area contributed by atoms with Gasteiger partial charge in [-0.05, 0) is 36.8 Å². The van der Waals surface area contributed by atoms with Crippen molar-refractivity contribution in [3.05, 3.63) is 56.7 Å². The molecule has 0 saturated heterocycles. The van der Waals surface area contributed by atoms with Crippen molar-refractivity contribution in [1.29, 1.82) is 0 Å². The van der Waals surface area contributed by atoms with Crippen LogP contribution in [0.1, 0.15) is 33.8 Å². The molecule has 0 saturated carbocycles. The van der Waals surface area contributed by atoms with Gasteiger partial charge in [-0.2, -0.15) is 0 Å². The molecule has 25 heavy (non-hydrogen) atoms. The van der Waals surface area contributed by atoms with E-state index in [1.165, 1.54) is 11.3 Å². The highest BCUT2D eigenvalue weighted by Gasteiger charge is 2.11. The van der Waals surface area contributed by atoms with Gasteiger partial charge in [0.25, 0.3) is 0 Å². The van der Waals surface area contributed by atoms with Gasteiger partial charge >= 0.3 is 0 Å². The zero-order valence-corrected chi connectivity index (χ0v) is 15.4. The van der Waals surface area contributed by atoms with Crippen LogP contribution in [0.15, 0.2) is 41.4 Å². The topological polar surface area (TPSA) is 99.7 Å². The number of benzene rings is 1. The molecule has 8 heteroatoms. The third-order valence-corrected chi connectivity index (χ3v) is 4.69. The van der Waals surface area contributed by atoms with Crippen molar-refractivity contribution in [2.75, 3.05) is 13.1 Å². The van der Waals surface area contributed by atoms with Gasteiger partial charge in [-0.15, -0.1) is 11.3 Å². The standard InChI is InChI=1S/C17H21ClN4O2S/c1-2-20-17(22-10-13(23)14-6-7-15(18)25-14)21-9-11-4-3-5-12(8-11)16(19)24/h3-8,13,23H,2,9-10H2,1H3,(H2,19,24)(H2,20,21,22). The van der Waals surface area contributed by atoms with Crippen LogP contribution in [0, 0.1) is 0 Å². The summed E-state index contributed by atoms with van der Waals surface area (Å²) in [5.74, 6) is 0.113. The van der Waals surface area contributed by atoms with Crippen molar-refractivity contribution < 1.29 is 9.90 Å². The van der Waals surface area contributed by atoms with Gasteiger partial charge in [0.2, 0.25) is 5.91 Å². The Morgan fingerprint density at radius 3 is 2.80 bits per heavy atom. The summed E-state index contributed by atoms with van der Waals surface area (Å²) in [6, 6.07) is 10.6. The summed E-state index contributed by atoms with van der Waals surface area (Å²) in [7, 11) is 0. The molecule has 1 amide bonds. The molecule has 0 spiro atoms. The fourth-order valence-corrected chi connectivity index (χ4v) is 3.18. The van der Waals surface area contributed by atoms with Crippen molar-refractivity contribution in [2.45, 2.75) is 19.6 Å². The van der Waals surface area contributed by atoms with Crippen LogP contribution in [0.25, 0.3) is 0 Å². The first-order valence-corrected chi connectivity index (χ1v) is 9.03. The number of amides is 1. The van der Waals surface area contributed by atoms with Gasteiger partial charge in [0.05, 0.1) is 10.9 Å². The quantitative estimate of drug-likeness (QED) is 0.437. The van der Waals surface area contributed by atoms with Gasteiger partial charge in [-0.25, -0.2) is 4.99 Å². The van der Waals surface area contributed by atoms with Crippen LogP contribution in [-0.2, 0) is 6.54 Å². The van der Waals surface area contributed by atoms with Gasteiger partial charge in [-0.1, -0.05) is 23.7 Å². The van der Waals surface area contributed by atoms with Crippen LogP contribution in [0.4, 0.5) is 0 Å². The molecule has 2 aromatic rings. The molecule has 0 bridgehead atoms. The predicted octanol–water partition coefficient (Wildman–Crippen LogP) is 2.29. The van der Waals surface area contributed by atoms with E-state index in [-0.39, 0.29) is 0 Å². The van der Waals surface area contributed by atoms with E-state index in [1.807, 2.05) is 13.0 Å². The summed E-state index contributed by atoms with van der Waals surface area (Å²) in [6.07, 6.45) is -0.667. The number of guanidine groups is 1. The molecular weight excluding hydrogens is 360 g/mol. The van der Waals surface area contributed by atoms with Crippen LogP contribution in [-0.4, -0.2) is 30.1 Å².